The summed E-state index contributed by atoms with van der Waals surface area (Å²) in [6, 6.07) is 3.09. The number of amides is 2. The van der Waals surface area contributed by atoms with Crippen molar-refractivity contribution in [2.24, 2.45) is 0 Å². The maximum absolute atomic E-state index is 11.5. The fraction of sp³-hybridized carbons (Fsp3) is 0.200. The van der Waals surface area contributed by atoms with Crippen molar-refractivity contribution in [3.05, 3.63) is 34.2 Å². The molecule has 0 radical (unpaired) electrons. The molecule has 17 heavy (non-hydrogen) atoms. The molecule has 0 unspecified atom stereocenters. The topological polar surface area (TPSA) is 71.3 Å². The third kappa shape index (κ3) is 5.06. The van der Waals surface area contributed by atoms with Crippen molar-refractivity contribution in [1.82, 2.24) is 10.6 Å². The summed E-state index contributed by atoms with van der Waals surface area (Å²) >= 11 is 8.54. The standard InChI is InChI=1S/C10H10BrClN2O3/c1-6(12)4-13-9(15)5-14-10(16)7-2-3-8(11)17-7/h2-3H,1,4-5H2,(H,13,15)(H,14,16). The first-order chi connectivity index (χ1) is 7.99. The molecule has 0 aromatic carbocycles. The Kier molecular flexibility index (Phi) is 5.24. The summed E-state index contributed by atoms with van der Waals surface area (Å²) in [6.07, 6.45) is 0. The molecule has 0 saturated carbocycles. The highest BCUT2D eigenvalue weighted by molar-refractivity contribution is 9.10. The van der Waals surface area contributed by atoms with Gasteiger partial charge in [-0.15, -0.1) is 0 Å². The van der Waals surface area contributed by atoms with Crippen molar-refractivity contribution < 1.29 is 14.0 Å². The third-order valence-electron chi connectivity index (χ3n) is 1.68. The molecule has 0 aliphatic heterocycles. The third-order valence-corrected chi connectivity index (χ3v) is 2.24. The minimum atomic E-state index is -0.462. The Balaban J connectivity index is 2.33. The van der Waals surface area contributed by atoms with E-state index in [0.717, 1.165) is 0 Å². The van der Waals surface area contributed by atoms with E-state index in [4.69, 9.17) is 16.0 Å². The maximum Gasteiger partial charge on any atom is 0.287 e. The average molecular weight is 322 g/mol. The van der Waals surface area contributed by atoms with Crippen molar-refractivity contribution >= 4 is 39.3 Å². The van der Waals surface area contributed by atoms with Gasteiger partial charge < -0.3 is 15.1 Å². The van der Waals surface area contributed by atoms with Crippen LogP contribution in [0.5, 0.6) is 0 Å². The lowest BCUT2D eigenvalue weighted by atomic mass is 10.4. The molecule has 0 fully saturated rings. The summed E-state index contributed by atoms with van der Waals surface area (Å²) in [4.78, 5) is 22.7. The highest BCUT2D eigenvalue weighted by Crippen LogP contribution is 2.13. The van der Waals surface area contributed by atoms with Crippen molar-refractivity contribution in [2.75, 3.05) is 13.1 Å². The number of hydrogen-bond acceptors (Lipinski definition) is 3. The van der Waals surface area contributed by atoms with E-state index in [1.54, 1.807) is 6.07 Å². The van der Waals surface area contributed by atoms with E-state index in [1.165, 1.54) is 6.07 Å². The van der Waals surface area contributed by atoms with Crippen molar-refractivity contribution in [1.29, 1.82) is 0 Å². The molecule has 7 heteroatoms. The van der Waals surface area contributed by atoms with Crippen LogP contribution in [0.1, 0.15) is 10.6 Å². The van der Waals surface area contributed by atoms with Gasteiger partial charge in [0.15, 0.2) is 10.4 Å². The van der Waals surface area contributed by atoms with Gasteiger partial charge >= 0.3 is 0 Å². The lowest BCUT2D eigenvalue weighted by Crippen LogP contribution is -2.37. The molecule has 5 nitrogen and oxygen atoms in total. The van der Waals surface area contributed by atoms with Crippen LogP contribution in [0.15, 0.2) is 32.8 Å². The number of rotatable bonds is 5. The van der Waals surface area contributed by atoms with Crippen LogP contribution < -0.4 is 10.6 Å². The molecule has 2 amide bonds. The van der Waals surface area contributed by atoms with Gasteiger partial charge in [0.1, 0.15) is 0 Å². The zero-order valence-corrected chi connectivity index (χ0v) is 11.1. The number of carbonyl (C=O) groups excluding carboxylic acids is 2. The summed E-state index contributed by atoms with van der Waals surface area (Å²) in [7, 11) is 0. The summed E-state index contributed by atoms with van der Waals surface area (Å²) in [5, 5.41) is 5.19. The van der Waals surface area contributed by atoms with Crippen LogP contribution in [-0.4, -0.2) is 24.9 Å². The van der Waals surface area contributed by atoms with Crippen LogP contribution in [0, 0.1) is 0 Å². The van der Waals surface area contributed by atoms with E-state index >= 15 is 0 Å². The molecular weight excluding hydrogens is 311 g/mol. The molecule has 0 atom stereocenters. The van der Waals surface area contributed by atoms with E-state index in [-0.39, 0.29) is 24.8 Å². The van der Waals surface area contributed by atoms with E-state index < -0.39 is 5.91 Å². The second-order valence-corrected chi connectivity index (χ2v) is 4.40. The van der Waals surface area contributed by atoms with Crippen molar-refractivity contribution in [3.63, 3.8) is 0 Å². The Bertz CT molecular complexity index is 445. The molecule has 1 aromatic rings. The normalized spacial score (nSPS) is 9.76. The lowest BCUT2D eigenvalue weighted by molar-refractivity contribution is -0.119. The van der Waals surface area contributed by atoms with Crippen molar-refractivity contribution in [3.8, 4) is 0 Å². The quantitative estimate of drug-likeness (QED) is 0.866. The lowest BCUT2D eigenvalue weighted by Gasteiger charge is -2.04. The second kappa shape index (κ2) is 6.46. The van der Waals surface area contributed by atoms with Gasteiger partial charge in [-0.25, -0.2) is 0 Å². The van der Waals surface area contributed by atoms with Crippen LogP contribution >= 0.6 is 27.5 Å². The average Bonchev–Trinajstić information content (AvgIpc) is 2.70. The predicted octanol–water partition coefficient (Wildman–Crippen LogP) is 1.64. The molecule has 0 bridgehead atoms. The summed E-state index contributed by atoms with van der Waals surface area (Å²) in [5.74, 6) is -0.687. The number of halogens is 2. The molecular formula is C10H10BrClN2O3. The fourth-order valence-electron chi connectivity index (χ4n) is 0.941. The number of hydrogen-bond donors (Lipinski definition) is 2. The minimum Gasteiger partial charge on any atom is -0.444 e. The smallest absolute Gasteiger partial charge is 0.287 e. The molecule has 0 aliphatic carbocycles. The first-order valence-electron chi connectivity index (χ1n) is 4.62. The van der Waals surface area contributed by atoms with Crippen LogP contribution in [0.25, 0.3) is 0 Å². The van der Waals surface area contributed by atoms with Gasteiger partial charge in [-0.2, -0.15) is 0 Å². The van der Waals surface area contributed by atoms with Crippen molar-refractivity contribution in [2.45, 2.75) is 0 Å². The van der Waals surface area contributed by atoms with E-state index in [0.29, 0.717) is 9.70 Å². The fourth-order valence-corrected chi connectivity index (χ4v) is 1.31. The number of nitrogens with one attached hydrogen (secondary N) is 2. The molecule has 2 N–H and O–H groups in total. The Morgan fingerprint density at radius 3 is 2.59 bits per heavy atom. The van der Waals surface area contributed by atoms with Gasteiger partial charge in [-0.05, 0) is 28.1 Å². The monoisotopic (exact) mass is 320 g/mol. The van der Waals surface area contributed by atoms with Gasteiger partial charge in [0.05, 0.1) is 13.1 Å². The second-order valence-electron chi connectivity index (χ2n) is 3.08. The first kappa shape index (κ1) is 13.8. The Hall–Kier alpha value is -1.27. The largest absolute Gasteiger partial charge is 0.444 e. The van der Waals surface area contributed by atoms with Crippen LogP contribution in [0.4, 0.5) is 0 Å². The molecule has 1 heterocycles. The van der Waals surface area contributed by atoms with Gasteiger partial charge in [0, 0.05) is 5.03 Å². The molecule has 1 aromatic heterocycles. The number of furan rings is 1. The molecule has 0 aliphatic rings. The van der Waals surface area contributed by atoms with E-state index in [9.17, 15) is 9.59 Å². The summed E-state index contributed by atoms with van der Waals surface area (Å²) in [5.41, 5.74) is 0. The van der Waals surface area contributed by atoms with Crippen LogP contribution in [-0.2, 0) is 4.79 Å². The Morgan fingerprint density at radius 2 is 2.06 bits per heavy atom. The highest BCUT2D eigenvalue weighted by atomic mass is 79.9. The maximum atomic E-state index is 11.5. The summed E-state index contributed by atoms with van der Waals surface area (Å²) < 4.78 is 5.46. The van der Waals surface area contributed by atoms with Gasteiger partial charge in [0.25, 0.3) is 5.91 Å². The molecule has 92 valence electrons. The Morgan fingerprint density at radius 1 is 1.35 bits per heavy atom. The van der Waals surface area contributed by atoms with Gasteiger partial charge in [0.2, 0.25) is 5.91 Å². The Labute approximate surface area is 111 Å². The zero-order chi connectivity index (χ0) is 12.8. The SMILES string of the molecule is C=C(Cl)CNC(=O)CNC(=O)c1ccc(Br)o1. The van der Waals surface area contributed by atoms with Gasteiger partial charge in [-0.1, -0.05) is 18.2 Å². The predicted molar refractivity (Wildman–Crippen MR) is 66.7 cm³/mol. The molecule has 0 spiro atoms. The minimum absolute atomic E-state index is 0.131. The molecule has 1 rings (SSSR count). The van der Waals surface area contributed by atoms with Crippen LogP contribution in [0.2, 0.25) is 0 Å². The first-order valence-corrected chi connectivity index (χ1v) is 5.79. The van der Waals surface area contributed by atoms with E-state index in [1.807, 2.05) is 0 Å². The van der Waals surface area contributed by atoms with Crippen LogP contribution in [0.3, 0.4) is 0 Å². The highest BCUT2D eigenvalue weighted by Gasteiger charge is 2.11. The number of carbonyl (C=O) groups is 2. The molecule has 0 saturated heterocycles. The van der Waals surface area contributed by atoms with Gasteiger partial charge in [-0.3, -0.25) is 9.59 Å². The van der Waals surface area contributed by atoms with E-state index in [2.05, 4.69) is 33.1 Å². The zero-order valence-electron chi connectivity index (χ0n) is 8.76. The summed E-state index contributed by atoms with van der Waals surface area (Å²) in [6.45, 7) is 3.43.